The number of nitrogens with one attached hydrogen (secondary N) is 2. The van der Waals surface area contributed by atoms with E-state index in [0.717, 1.165) is 17.3 Å². The van der Waals surface area contributed by atoms with E-state index < -0.39 is 5.91 Å². The number of amides is 1. The minimum Gasteiger partial charge on any atom is -0.484 e. The number of carbonyl (C=O) groups excluding carboxylic acids is 1. The van der Waals surface area contributed by atoms with E-state index in [1.165, 1.54) is 18.6 Å². The van der Waals surface area contributed by atoms with Crippen molar-refractivity contribution < 1.29 is 9.53 Å². The Labute approximate surface area is 141 Å². The van der Waals surface area contributed by atoms with Crippen molar-refractivity contribution in [1.82, 2.24) is 10.6 Å². The molecule has 1 atom stereocenters. The zero-order valence-electron chi connectivity index (χ0n) is 13.4. The zero-order chi connectivity index (χ0) is 16.5. The van der Waals surface area contributed by atoms with Crippen molar-refractivity contribution >= 4 is 23.6 Å². The van der Waals surface area contributed by atoms with Gasteiger partial charge in [0.1, 0.15) is 5.75 Å². The lowest BCUT2D eigenvalue weighted by molar-refractivity contribution is -0.119. The quantitative estimate of drug-likeness (QED) is 0.535. The van der Waals surface area contributed by atoms with E-state index in [4.69, 9.17) is 10.5 Å². The molecule has 0 saturated carbocycles. The fourth-order valence-corrected chi connectivity index (χ4v) is 3.40. The van der Waals surface area contributed by atoms with Crippen LogP contribution in [0.2, 0.25) is 0 Å². The Kier molecular flexibility index (Phi) is 7.06. The predicted molar refractivity (Wildman–Crippen MR) is 94.8 cm³/mol. The average Bonchev–Trinajstić information content (AvgIpc) is 2.58. The van der Waals surface area contributed by atoms with E-state index in [9.17, 15) is 4.79 Å². The van der Waals surface area contributed by atoms with Crippen LogP contribution in [0, 0.1) is 0 Å². The highest BCUT2D eigenvalue weighted by molar-refractivity contribution is 7.99. The van der Waals surface area contributed by atoms with Gasteiger partial charge in [0.2, 0.25) is 0 Å². The number of rotatable bonds is 6. The molecule has 0 aromatic heterocycles. The van der Waals surface area contributed by atoms with Crippen molar-refractivity contribution in [3.63, 3.8) is 0 Å². The fraction of sp³-hybridized carbons (Fsp3) is 0.500. The number of ether oxygens (including phenoxy) is 1. The summed E-state index contributed by atoms with van der Waals surface area (Å²) < 4.78 is 5.31. The fourth-order valence-electron chi connectivity index (χ4n) is 2.33. The molecule has 7 heteroatoms. The van der Waals surface area contributed by atoms with Crippen LogP contribution in [-0.2, 0) is 11.3 Å². The molecule has 0 radical (unpaired) electrons. The summed E-state index contributed by atoms with van der Waals surface area (Å²) in [5.41, 5.74) is 6.13. The van der Waals surface area contributed by atoms with Gasteiger partial charge in [0.25, 0.3) is 5.91 Å². The molecular formula is C16H24N4O2S. The minimum atomic E-state index is -0.483. The van der Waals surface area contributed by atoms with Gasteiger partial charge in [0.15, 0.2) is 12.6 Å². The maximum atomic E-state index is 10.8. The first kappa shape index (κ1) is 17.5. The molecule has 1 heterocycles. The number of hydrogen-bond donors (Lipinski definition) is 3. The lowest BCUT2D eigenvalue weighted by Crippen LogP contribution is -2.45. The topological polar surface area (TPSA) is 88.7 Å². The number of primary amides is 1. The number of aliphatic imine (C=N–C) groups is 1. The summed E-state index contributed by atoms with van der Waals surface area (Å²) in [5.74, 6) is 3.33. The van der Waals surface area contributed by atoms with Gasteiger partial charge in [-0.1, -0.05) is 12.1 Å². The summed E-state index contributed by atoms with van der Waals surface area (Å²) in [4.78, 5) is 15.0. The maximum absolute atomic E-state index is 10.8. The third-order valence-electron chi connectivity index (χ3n) is 3.46. The highest BCUT2D eigenvalue weighted by Gasteiger charge is 2.14. The van der Waals surface area contributed by atoms with Crippen molar-refractivity contribution in [2.24, 2.45) is 10.7 Å². The maximum Gasteiger partial charge on any atom is 0.255 e. The van der Waals surface area contributed by atoms with Gasteiger partial charge in [-0.2, -0.15) is 11.8 Å². The van der Waals surface area contributed by atoms with Crippen LogP contribution < -0.4 is 21.1 Å². The first-order chi connectivity index (χ1) is 11.2. The predicted octanol–water partition coefficient (Wildman–Crippen LogP) is 1.11. The molecule has 0 spiro atoms. The molecule has 23 heavy (non-hydrogen) atoms. The van der Waals surface area contributed by atoms with Crippen molar-refractivity contribution in [3.05, 3.63) is 29.8 Å². The number of hydrogen-bond acceptors (Lipinski definition) is 4. The molecule has 1 fully saturated rings. The van der Waals surface area contributed by atoms with Gasteiger partial charge in [-0.3, -0.25) is 9.79 Å². The monoisotopic (exact) mass is 336 g/mol. The molecule has 2 rings (SSSR count). The van der Waals surface area contributed by atoms with Gasteiger partial charge in [0.05, 0.1) is 0 Å². The van der Waals surface area contributed by atoms with Gasteiger partial charge >= 0.3 is 0 Å². The van der Waals surface area contributed by atoms with E-state index in [1.54, 1.807) is 13.1 Å². The number of carbonyl (C=O) groups is 1. The average molecular weight is 336 g/mol. The Bertz CT molecular complexity index is 545. The molecule has 1 aromatic rings. The SMILES string of the molecule is CN=C(NCc1cccc(OCC(N)=O)c1)NC1CCCSC1. The van der Waals surface area contributed by atoms with Gasteiger partial charge in [-0.25, -0.2) is 0 Å². The summed E-state index contributed by atoms with van der Waals surface area (Å²) in [5, 5.41) is 6.76. The lowest BCUT2D eigenvalue weighted by atomic mass is 10.2. The van der Waals surface area contributed by atoms with Crippen molar-refractivity contribution in [2.75, 3.05) is 25.2 Å². The smallest absolute Gasteiger partial charge is 0.255 e. The number of guanidine groups is 1. The second-order valence-corrected chi connectivity index (χ2v) is 6.54. The van der Waals surface area contributed by atoms with E-state index in [0.29, 0.717) is 18.3 Å². The van der Waals surface area contributed by atoms with Crippen LogP contribution in [0.5, 0.6) is 5.75 Å². The van der Waals surface area contributed by atoms with Crippen molar-refractivity contribution in [3.8, 4) is 5.75 Å². The summed E-state index contributed by atoms with van der Waals surface area (Å²) in [6, 6.07) is 8.05. The van der Waals surface area contributed by atoms with Crippen LogP contribution in [0.1, 0.15) is 18.4 Å². The second-order valence-electron chi connectivity index (χ2n) is 5.39. The second kappa shape index (κ2) is 9.29. The first-order valence-corrected chi connectivity index (χ1v) is 8.88. The Morgan fingerprint density at radius 2 is 2.39 bits per heavy atom. The Morgan fingerprint density at radius 1 is 1.52 bits per heavy atom. The molecule has 0 bridgehead atoms. The normalized spacial score (nSPS) is 18.3. The lowest BCUT2D eigenvalue weighted by Gasteiger charge is -2.24. The van der Waals surface area contributed by atoms with Gasteiger partial charge in [-0.05, 0) is 36.3 Å². The third-order valence-corrected chi connectivity index (χ3v) is 4.68. The van der Waals surface area contributed by atoms with Crippen molar-refractivity contribution in [1.29, 1.82) is 0 Å². The third kappa shape index (κ3) is 6.40. The molecule has 1 unspecified atom stereocenters. The largest absolute Gasteiger partial charge is 0.484 e. The molecule has 0 aliphatic carbocycles. The van der Waals surface area contributed by atoms with Crippen LogP contribution in [0.25, 0.3) is 0 Å². The summed E-state index contributed by atoms with van der Waals surface area (Å²) in [6.07, 6.45) is 2.43. The summed E-state index contributed by atoms with van der Waals surface area (Å²) in [6.45, 7) is 0.521. The minimum absolute atomic E-state index is 0.112. The van der Waals surface area contributed by atoms with E-state index in [1.807, 2.05) is 30.0 Å². The molecule has 4 N–H and O–H groups in total. The van der Waals surface area contributed by atoms with Gasteiger partial charge < -0.3 is 21.1 Å². The van der Waals surface area contributed by atoms with Crippen LogP contribution >= 0.6 is 11.8 Å². The van der Waals surface area contributed by atoms with Crippen molar-refractivity contribution in [2.45, 2.75) is 25.4 Å². The first-order valence-electron chi connectivity index (χ1n) is 7.72. The summed E-state index contributed by atoms with van der Waals surface area (Å²) >= 11 is 1.98. The molecule has 1 aliphatic heterocycles. The zero-order valence-corrected chi connectivity index (χ0v) is 14.2. The Balaban J connectivity index is 1.83. The number of nitrogens with zero attached hydrogens (tertiary/aromatic N) is 1. The Morgan fingerprint density at radius 3 is 3.09 bits per heavy atom. The molecular weight excluding hydrogens is 312 g/mol. The number of thioether (sulfide) groups is 1. The number of benzene rings is 1. The molecule has 1 aliphatic rings. The highest BCUT2D eigenvalue weighted by atomic mass is 32.2. The summed E-state index contributed by atoms with van der Waals surface area (Å²) in [7, 11) is 1.78. The molecule has 1 amide bonds. The van der Waals surface area contributed by atoms with Crippen LogP contribution in [0.15, 0.2) is 29.3 Å². The number of nitrogens with two attached hydrogens (primary N) is 1. The van der Waals surface area contributed by atoms with E-state index in [-0.39, 0.29) is 6.61 Å². The standard InChI is InChI=1S/C16H24N4O2S/c1-18-16(20-13-5-3-7-23-11-13)19-9-12-4-2-6-14(8-12)22-10-15(17)21/h2,4,6,8,13H,3,5,7,9-11H2,1H3,(H2,17,21)(H2,18,19,20). The van der Waals surface area contributed by atoms with Crippen LogP contribution in [0.4, 0.5) is 0 Å². The van der Waals surface area contributed by atoms with Gasteiger partial charge in [0, 0.05) is 25.4 Å². The van der Waals surface area contributed by atoms with Crippen LogP contribution in [0.3, 0.4) is 0 Å². The van der Waals surface area contributed by atoms with E-state index in [2.05, 4.69) is 15.6 Å². The molecule has 126 valence electrons. The highest BCUT2D eigenvalue weighted by Crippen LogP contribution is 2.17. The van der Waals surface area contributed by atoms with Crippen LogP contribution in [-0.4, -0.2) is 43.1 Å². The molecule has 6 nitrogen and oxygen atoms in total. The van der Waals surface area contributed by atoms with E-state index >= 15 is 0 Å². The molecule has 1 aromatic carbocycles. The Hall–Kier alpha value is -1.89. The van der Waals surface area contributed by atoms with Gasteiger partial charge in [-0.15, -0.1) is 0 Å². The molecule has 1 saturated heterocycles.